The number of ether oxygens (including phenoxy) is 5. The number of nitrogens with one attached hydrogen (secondary N) is 1. The standard InChI is InChI=1S/C22H29N5O8/c1-11(2)22(30)32-8-15-17(33-12(3)28)18(34-13(4)29)21(35-15)27-10-25-16-19(23-9-24-20(16)27)26-14-5-6-31-7-14/h9-11,14-15,17-18,21H,5-8H2,1-4H3,(H,23,24,26)/t14?,15-,17-,18-,21?/m1/s1. The van der Waals surface area contributed by atoms with Crippen molar-refractivity contribution in [3.05, 3.63) is 12.7 Å². The summed E-state index contributed by atoms with van der Waals surface area (Å²) in [5, 5.41) is 3.31. The molecule has 13 nitrogen and oxygen atoms in total. The Morgan fingerprint density at radius 3 is 2.54 bits per heavy atom. The van der Waals surface area contributed by atoms with Crippen molar-refractivity contribution in [2.45, 2.75) is 64.7 Å². The summed E-state index contributed by atoms with van der Waals surface area (Å²) in [4.78, 5) is 48.9. The number of anilines is 1. The fourth-order valence-corrected chi connectivity index (χ4v) is 4.03. The molecule has 13 heteroatoms. The van der Waals surface area contributed by atoms with E-state index in [2.05, 4.69) is 20.3 Å². The molecule has 190 valence electrons. The van der Waals surface area contributed by atoms with Gasteiger partial charge >= 0.3 is 17.9 Å². The third-order valence-electron chi connectivity index (χ3n) is 5.65. The lowest BCUT2D eigenvalue weighted by atomic mass is 10.1. The molecular weight excluding hydrogens is 462 g/mol. The second kappa shape index (κ2) is 10.5. The zero-order valence-corrected chi connectivity index (χ0v) is 20.0. The maximum atomic E-state index is 12.0. The van der Waals surface area contributed by atoms with E-state index in [-0.39, 0.29) is 18.6 Å². The highest BCUT2D eigenvalue weighted by atomic mass is 16.7. The molecule has 4 heterocycles. The Morgan fingerprint density at radius 2 is 1.89 bits per heavy atom. The van der Waals surface area contributed by atoms with E-state index in [1.807, 2.05) is 0 Å². The highest BCUT2D eigenvalue weighted by molar-refractivity contribution is 5.83. The lowest BCUT2D eigenvalue weighted by Crippen LogP contribution is -2.40. The predicted molar refractivity (Wildman–Crippen MR) is 119 cm³/mol. The molecule has 5 atom stereocenters. The molecular formula is C22H29N5O8. The van der Waals surface area contributed by atoms with Crippen LogP contribution in [0.5, 0.6) is 0 Å². The molecule has 0 aliphatic carbocycles. The quantitative estimate of drug-likeness (QED) is 0.414. The monoisotopic (exact) mass is 491 g/mol. The first-order valence-electron chi connectivity index (χ1n) is 11.4. The molecule has 4 rings (SSSR count). The van der Waals surface area contributed by atoms with E-state index in [1.54, 1.807) is 18.4 Å². The number of hydrogen-bond donors (Lipinski definition) is 1. The van der Waals surface area contributed by atoms with Crippen LogP contribution < -0.4 is 5.32 Å². The molecule has 0 amide bonds. The van der Waals surface area contributed by atoms with Gasteiger partial charge in [-0.3, -0.25) is 19.0 Å². The van der Waals surface area contributed by atoms with Crippen LogP contribution in [-0.2, 0) is 38.1 Å². The van der Waals surface area contributed by atoms with Crippen molar-refractivity contribution in [3.8, 4) is 0 Å². The summed E-state index contributed by atoms with van der Waals surface area (Å²) in [7, 11) is 0. The van der Waals surface area contributed by atoms with Crippen LogP contribution in [0.4, 0.5) is 5.82 Å². The molecule has 0 saturated carbocycles. The number of esters is 3. The highest BCUT2D eigenvalue weighted by Crippen LogP contribution is 2.36. The average molecular weight is 492 g/mol. The average Bonchev–Trinajstić information content (AvgIpc) is 3.52. The van der Waals surface area contributed by atoms with Gasteiger partial charge in [-0.25, -0.2) is 15.0 Å². The molecule has 0 radical (unpaired) electrons. The van der Waals surface area contributed by atoms with Gasteiger partial charge in [0.2, 0.25) is 0 Å². The Morgan fingerprint density at radius 1 is 1.14 bits per heavy atom. The first-order chi connectivity index (χ1) is 16.7. The Bertz CT molecular complexity index is 1080. The second-order valence-corrected chi connectivity index (χ2v) is 8.75. The minimum Gasteiger partial charge on any atom is -0.463 e. The van der Waals surface area contributed by atoms with E-state index in [9.17, 15) is 14.4 Å². The minimum absolute atomic E-state index is 0.100. The molecule has 2 fully saturated rings. The number of hydrogen-bond acceptors (Lipinski definition) is 12. The van der Waals surface area contributed by atoms with E-state index in [1.165, 1.54) is 26.5 Å². The number of aromatic nitrogens is 4. The number of nitrogens with zero attached hydrogens (tertiary/aromatic N) is 4. The van der Waals surface area contributed by atoms with Crippen molar-refractivity contribution in [1.82, 2.24) is 19.5 Å². The van der Waals surface area contributed by atoms with Crippen LogP contribution in [0, 0.1) is 5.92 Å². The van der Waals surface area contributed by atoms with Crippen LogP contribution in [-0.4, -0.2) is 81.6 Å². The minimum atomic E-state index is -1.04. The van der Waals surface area contributed by atoms with Gasteiger partial charge in [0.05, 0.1) is 24.9 Å². The molecule has 0 spiro atoms. The summed E-state index contributed by atoms with van der Waals surface area (Å²) in [6.45, 7) is 6.92. The van der Waals surface area contributed by atoms with Crippen LogP contribution in [0.25, 0.3) is 11.2 Å². The van der Waals surface area contributed by atoms with Crippen molar-refractivity contribution in [2.75, 3.05) is 25.1 Å². The third-order valence-corrected chi connectivity index (χ3v) is 5.65. The summed E-state index contributed by atoms with van der Waals surface area (Å²) in [5.74, 6) is -1.45. The fourth-order valence-electron chi connectivity index (χ4n) is 4.03. The van der Waals surface area contributed by atoms with Gasteiger partial charge in [-0.2, -0.15) is 0 Å². The van der Waals surface area contributed by atoms with Crippen LogP contribution in [0.3, 0.4) is 0 Å². The molecule has 2 aromatic heterocycles. The van der Waals surface area contributed by atoms with Gasteiger partial charge in [0.25, 0.3) is 0 Å². The maximum absolute atomic E-state index is 12.0. The van der Waals surface area contributed by atoms with Crippen molar-refractivity contribution in [2.24, 2.45) is 5.92 Å². The van der Waals surface area contributed by atoms with Crippen LogP contribution in [0.1, 0.15) is 40.3 Å². The molecule has 2 aromatic rings. The molecule has 0 bridgehead atoms. The lowest BCUT2D eigenvalue weighted by molar-refractivity contribution is -0.166. The Labute approximate surface area is 201 Å². The first-order valence-corrected chi connectivity index (χ1v) is 11.4. The Hall–Kier alpha value is -3.32. The van der Waals surface area contributed by atoms with E-state index in [4.69, 9.17) is 23.7 Å². The van der Waals surface area contributed by atoms with Crippen LogP contribution >= 0.6 is 0 Å². The van der Waals surface area contributed by atoms with Gasteiger partial charge in [0.1, 0.15) is 19.0 Å². The van der Waals surface area contributed by atoms with Crippen LogP contribution in [0.2, 0.25) is 0 Å². The molecule has 2 aliphatic rings. The molecule has 2 unspecified atom stereocenters. The first kappa shape index (κ1) is 24.8. The largest absolute Gasteiger partial charge is 0.463 e. The molecule has 0 aromatic carbocycles. The van der Waals surface area contributed by atoms with Gasteiger partial charge in [-0.05, 0) is 6.42 Å². The number of carbonyl (C=O) groups is 3. The summed E-state index contributed by atoms with van der Waals surface area (Å²) in [6, 6.07) is 0.100. The van der Waals surface area contributed by atoms with Crippen molar-refractivity contribution < 1.29 is 38.1 Å². The van der Waals surface area contributed by atoms with Gasteiger partial charge in [0.15, 0.2) is 35.4 Å². The SMILES string of the molecule is CC(=O)O[C@@H]1[C@@H](COC(=O)C(C)C)OC(n2cnc3c(NC4CCOC4)ncnc32)[C@@H]1OC(C)=O. The van der Waals surface area contributed by atoms with Gasteiger partial charge in [-0.15, -0.1) is 0 Å². The third kappa shape index (κ3) is 5.51. The summed E-state index contributed by atoms with van der Waals surface area (Å²) in [6.07, 6.45) is -0.172. The van der Waals surface area contributed by atoms with Crippen molar-refractivity contribution in [1.29, 1.82) is 0 Å². The fraction of sp³-hybridized carbons (Fsp3) is 0.636. The van der Waals surface area contributed by atoms with Gasteiger partial charge in [-0.1, -0.05) is 13.8 Å². The molecule has 35 heavy (non-hydrogen) atoms. The summed E-state index contributed by atoms with van der Waals surface area (Å²) < 4.78 is 29.4. The van der Waals surface area contributed by atoms with Crippen molar-refractivity contribution in [3.63, 3.8) is 0 Å². The number of rotatable bonds is 8. The number of carbonyl (C=O) groups excluding carboxylic acids is 3. The van der Waals surface area contributed by atoms with Crippen molar-refractivity contribution >= 4 is 34.9 Å². The van der Waals surface area contributed by atoms with E-state index in [0.29, 0.717) is 30.2 Å². The summed E-state index contributed by atoms with van der Waals surface area (Å²) >= 11 is 0. The highest BCUT2D eigenvalue weighted by Gasteiger charge is 2.51. The molecule has 2 aliphatic heterocycles. The number of fused-ring (bicyclic) bond motifs is 1. The van der Waals surface area contributed by atoms with Gasteiger partial charge in [0, 0.05) is 20.5 Å². The van der Waals surface area contributed by atoms with E-state index in [0.717, 1.165) is 6.42 Å². The Kier molecular flexibility index (Phi) is 7.45. The zero-order chi connectivity index (χ0) is 25.1. The smallest absolute Gasteiger partial charge is 0.308 e. The topological polar surface area (TPSA) is 153 Å². The predicted octanol–water partition coefficient (Wildman–Crippen LogP) is 0.987. The molecule has 1 N–H and O–H groups in total. The van der Waals surface area contributed by atoms with E-state index >= 15 is 0 Å². The maximum Gasteiger partial charge on any atom is 0.308 e. The molecule has 2 saturated heterocycles. The normalized spacial score (nSPS) is 26.1. The lowest BCUT2D eigenvalue weighted by Gasteiger charge is -2.23. The zero-order valence-electron chi connectivity index (χ0n) is 20.0. The van der Waals surface area contributed by atoms with Crippen LogP contribution in [0.15, 0.2) is 12.7 Å². The second-order valence-electron chi connectivity index (χ2n) is 8.75. The summed E-state index contributed by atoms with van der Waals surface area (Å²) in [5.41, 5.74) is 0.910. The van der Waals surface area contributed by atoms with E-state index < -0.39 is 42.4 Å². The van der Waals surface area contributed by atoms with Gasteiger partial charge < -0.3 is 29.0 Å². The Balaban J connectivity index is 1.66. The number of imidazole rings is 1.